The Morgan fingerprint density at radius 2 is 1.96 bits per heavy atom. The van der Waals surface area contributed by atoms with Gasteiger partial charge in [-0.2, -0.15) is 0 Å². The molecule has 28 heavy (non-hydrogen) atoms. The summed E-state index contributed by atoms with van der Waals surface area (Å²) in [5, 5.41) is 5.14. The van der Waals surface area contributed by atoms with Gasteiger partial charge in [0.25, 0.3) is 11.5 Å². The van der Waals surface area contributed by atoms with E-state index in [9.17, 15) is 14.4 Å². The fraction of sp³-hybridized carbons (Fsp3) is 0.105. The molecule has 0 radical (unpaired) electrons. The minimum Gasteiger partial charge on any atom is -0.298 e. The molecule has 4 rings (SSSR count). The van der Waals surface area contributed by atoms with Crippen LogP contribution in [0.1, 0.15) is 22.8 Å². The molecule has 1 aromatic carbocycles. The van der Waals surface area contributed by atoms with Gasteiger partial charge < -0.3 is 0 Å². The maximum Gasteiger partial charge on any atom is 0.327 e. The quantitative estimate of drug-likeness (QED) is 0.492. The molecule has 3 aromatic heterocycles. The topological polar surface area (TPSA) is 121 Å². The zero-order valence-electron chi connectivity index (χ0n) is 14.8. The smallest absolute Gasteiger partial charge is 0.298 e. The Hall–Kier alpha value is -3.59. The van der Waals surface area contributed by atoms with Crippen molar-refractivity contribution in [3.8, 4) is 11.3 Å². The predicted molar refractivity (Wildman–Crippen MR) is 108 cm³/mol. The molecule has 9 heteroatoms. The molecular weight excluding hydrogens is 378 g/mol. The number of H-pyrrole nitrogens is 2. The second kappa shape index (κ2) is 7.20. The van der Waals surface area contributed by atoms with Crippen LogP contribution in [-0.4, -0.2) is 25.8 Å². The lowest BCUT2D eigenvalue weighted by Crippen LogP contribution is -2.23. The van der Waals surface area contributed by atoms with Gasteiger partial charge in [-0.25, -0.2) is 14.8 Å². The van der Waals surface area contributed by atoms with Crippen molar-refractivity contribution in [1.82, 2.24) is 19.9 Å². The fourth-order valence-electron chi connectivity index (χ4n) is 2.72. The van der Waals surface area contributed by atoms with E-state index < -0.39 is 17.2 Å². The minimum absolute atomic E-state index is 0.123. The first-order valence-electron chi connectivity index (χ1n) is 8.52. The summed E-state index contributed by atoms with van der Waals surface area (Å²) in [6.45, 7) is 2.10. The lowest BCUT2D eigenvalue weighted by atomic mass is 10.1. The van der Waals surface area contributed by atoms with Crippen LogP contribution in [0.5, 0.6) is 0 Å². The number of pyridine rings is 1. The molecule has 0 saturated heterocycles. The number of thiazole rings is 1. The van der Waals surface area contributed by atoms with Gasteiger partial charge in [-0.3, -0.25) is 24.9 Å². The summed E-state index contributed by atoms with van der Waals surface area (Å²) < 4.78 is 0. The number of fused-ring (bicyclic) bond motifs is 1. The molecule has 0 unspecified atom stereocenters. The Bertz CT molecular complexity index is 1290. The molecule has 0 fully saturated rings. The number of benzene rings is 1. The van der Waals surface area contributed by atoms with Crippen molar-refractivity contribution >= 4 is 33.4 Å². The molecule has 0 saturated carbocycles. The highest BCUT2D eigenvalue weighted by atomic mass is 32.1. The predicted octanol–water partition coefficient (Wildman–Crippen LogP) is 2.55. The molecule has 140 valence electrons. The standard InChI is InChI=1S/C19H15N5O3S/c1-2-10-3-5-11(6-4-10)14-9-28-19(21-14)24-16(25)12-7-13-15(20-8-12)22-18(27)23-17(13)26/h3-9H,2H2,1H3,(H,21,24,25)(H2,20,22,23,26,27). The van der Waals surface area contributed by atoms with Crippen molar-refractivity contribution in [2.75, 3.05) is 5.32 Å². The first kappa shape index (κ1) is 17.8. The number of hydrogen-bond donors (Lipinski definition) is 3. The van der Waals surface area contributed by atoms with Gasteiger partial charge in [0.2, 0.25) is 0 Å². The van der Waals surface area contributed by atoms with Crippen molar-refractivity contribution in [2.24, 2.45) is 0 Å². The molecule has 0 aliphatic heterocycles. The average molecular weight is 393 g/mol. The molecule has 3 heterocycles. The molecule has 0 aliphatic carbocycles. The Kier molecular flexibility index (Phi) is 4.58. The van der Waals surface area contributed by atoms with Crippen molar-refractivity contribution in [3.63, 3.8) is 0 Å². The number of aromatic amines is 2. The number of amides is 1. The van der Waals surface area contributed by atoms with E-state index in [1.54, 1.807) is 0 Å². The maximum atomic E-state index is 12.5. The Balaban J connectivity index is 1.57. The number of carbonyl (C=O) groups is 1. The number of aromatic nitrogens is 4. The highest BCUT2D eigenvalue weighted by Crippen LogP contribution is 2.25. The van der Waals surface area contributed by atoms with E-state index in [2.05, 4.69) is 44.3 Å². The molecule has 1 amide bonds. The third-order valence-electron chi connectivity index (χ3n) is 4.24. The number of aryl methyl sites for hydroxylation is 1. The number of hydrogen-bond acceptors (Lipinski definition) is 6. The van der Waals surface area contributed by atoms with Gasteiger partial charge >= 0.3 is 5.69 Å². The van der Waals surface area contributed by atoms with E-state index in [-0.39, 0.29) is 16.6 Å². The van der Waals surface area contributed by atoms with Crippen molar-refractivity contribution in [3.05, 3.63) is 73.9 Å². The van der Waals surface area contributed by atoms with Crippen LogP contribution < -0.4 is 16.6 Å². The molecule has 0 spiro atoms. The van der Waals surface area contributed by atoms with E-state index in [1.165, 1.54) is 29.2 Å². The van der Waals surface area contributed by atoms with Crippen LogP contribution >= 0.6 is 11.3 Å². The van der Waals surface area contributed by atoms with E-state index in [0.29, 0.717) is 5.13 Å². The van der Waals surface area contributed by atoms with Crippen molar-refractivity contribution < 1.29 is 4.79 Å². The lowest BCUT2D eigenvalue weighted by Gasteiger charge is -2.03. The zero-order valence-corrected chi connectivity index (χ0v) is 15.6. The summed E-state index contributed by atoms with van der Waals surface area (Å²) in [6.07, 6.45) is 2.26. The van der Waals surface area contributed by atoms with Crippen LogP contribution in [0.4, 0.5) is 5.13 Å². The third kappa shape index (κ3) is 3.47. The number of carbonyl (C=O) groups excluding carboxylic acids is 1. The van der Waals surface area contributed by atoms with Crippen molar-refractivity contribution in [1.29, 1.82) is 0 Å². The fourth-order valence-corrected chi connectivity index (χ4v) is 3.43. The second-order valence-corrected chi connectivity index (χ2v) is 6.93. The molecule has 4 aromatic rings. The lowest BCUT2D eigenvalue weighted by molar-refractivity contribution is 0.102. The van der Waals surface area contributed by atoms with Crippen molar-refractivity contribution in [2.45, 2.75) is 13.3 Å². The Labute approximate surface area is 162 Å². The van der Waals surface area contributed by atoms with Crippen LogP contribution in [0.3, 0.4) is 0 Å². The van der Waals surface area contributed by atoms with Crippen LogP contribution in [0.2, 0.25) is 0 Å². The summed E-state index contributed by atoms with van der Waals surface area (Å²) in [6, 6.07) is 9.48. The Morgan fingerprint density at radius 3 is 2.71 bits per heavy atom. The van der Waals surface area contributed by atoms with E-state index in [0.717, 1.165) is 17.7 Å². The molecule has 3 N–H and O–H groups in total. The van der Waals surface area contributed by atoms with Gasteiger partial charge in [0.05, 0.1) is 16.6 Å². The normalized spacial score (nSPS) is 10.9. The number of nitrogens with one attached hydrogen (secondary N) is 3. The molecular formula is C19H15N5O3S. The van der Waals surface area contributed by atoms with E-state index in [1.807, 2.05) is 17.5 Å². The van der Waals surface area contributed by atoms with Gasteiger partial charge in [0, 0.05) is 17.1 Å². The summed E-state index contributed by atoms with van der Waals surface area (Å²) in [5.41, 5.74) is 2.04. The Morgan fingerprint density at radius 1 is 1.18 bits per heavy atom. The first-order valence-corrected chi connectivity index (χ1v) is 9.40. The summed E-state index contributed by atoms with van der Waals surface area (Å²) in [5.74, 6) is -0.442. The maximum absolute atomic E-state index is 12.5. The molecule has 0 aliphatic rings. The molecule has 0 bridgehead atoms. The van der Waals surface area contributed by atoms with Gasteiger partial charge in [0.15, 0.2) is 5.13 Å². The number of rotatable bonds is 4. The van der Waals surface area contributed by atoms with Crippen LogP contribution in [0, 0.1) is 0 Å². The van der Waals surface area contributed by atoms with Crippen LogP contribution in [-0.2, 0) is 6.42 Å². The summed E-state index contributed by atoms with van der Waals surface area (Å²) >= 11 is 1.31. The summed E-state index contributed by atoms with van der Waals surface area (Å²) in [4.78, 5) is 48.6. The molecule has 0 atom stereocenters. The largest absolute Gasteiger partial charge is 0.327 e. The highest BCUT2D eigenvalue weighted by molar-refractivity contribution is 7.14. The average Bonchev–Trinajstić information content (AvgIpc) is 3.16. The van der Waals surface area contributed by atoms with E-state index in [4.69, 9.17) is 0 Å². The van der Waals surface area contributed by atoms with Gasteiger partial charge in [0.1, 0.15) is 5.65 Å². The number of nitrogens with zero attached hydrogens (tertiary/aromatic N) is 2. The van der Waals surface area contributed by atoms with Gasteiger partial charge in [-0.1, -0.05) is 31.2 Å². The molecule has 8 nitrogen and oxygen atoms in total. The second-order valence-electron chi connectivity index (χ2n) is 6.07. The van der Waals surface area contributed by atoms with Gasteiger partial charge in [-0.15, -0.1) is 11.3 Å². The number of anilines is 1. The van der Waals surface area contributed by atoms with E-state index >= 15 is 0 Å². The third-order valence-corrected chi connectivity index (χ3v) is 4.99. The monoisotopic (exact) mass is 393 g/mol. The van der Waals surface area contributed by atoms with Crippen LogP contribution in [0.25, 0.3) is 22.3 Å². The minimum atomic E-state index is -0.649. The van der Waals surface area contributed by atoms with Gasteiger partial charge in [-0.05, 0) is 18.1 Å². The SMILES string of the molecule is CCc1ccc(-c2csc(NC(=O)c3cnc4[nH]c(=O)[nH]c(=O)c4c3)n2)cc1. The van der Waals surface area contributed by atoms with Crippen LogP contribution in [0.15, 0.2) is 51.5 Å². The zero-order chi connectivity index (χ0) is 19.7. The highest BCUT2D eigenvalue weighted by Gasteiger charge is 2.13. The summed E-state index contributed by atoms with van der Waals surface area (Å²) in [7, 11) is 0. The first-order chi connectivity index (χ1) is 13.5.